The van der Waals surface area contributed by atoms with E-state index in [0.29, 0.717) is 17.1 Å². The second-order valence-electron chi connectivity index (χ2n) is 4.46. The number of hydrogen-bond acceptors (Lipinski definition) is 3. The predicted octanol–water partition coefficient (Wildman–Crippen LogP) is 3.07. The molecule has 0 fully saturated rings. The van der Waals surface area contributed by atoms with Gasteiger partial charge in [-0.1, -0.05) is 24.3 Å². The third kappa shape index (κ3) is 2.31. The molecule has 0 spiro atoms. The largest absolute Gasteiger partial charge is 0.399 e. The van der Waals surface area contributed by atoms with Crippen LogP contribution in [0.25, 0.3) is 10.8 Å². The summed E-state index contributed by atoms with van der Waals surface area (Å²) in [6.45, 7) is 0. The number of carbonyl (C=O) groups excluding carboxylic acids is 1. The van der Waals surface area contributed by atoms with E-state index in [2.05, 4.69) is 10.3 Å². The summed E-state index contributed by atoms with van der Waals surface area (Å²) < 4.78 is 0. The van der Waals surface area contributed by atoms with E-state index in [0.717, 1.165) is 10.8 Å². The van der Waals surface area contributed by atoms with Crippen molar-refractivity contribution in [3.63, 3.8) is 0 Å². The molecule has 1 heterocycles. The fourth-order valence-electron chi connectivity index (χ4n) is 2.06. The molecule has 3 N–H and O–H groups in total. The van der Waals surface area contributed by atoms with Crippen LogP contribution in [0.3, 0.4) is 0 Å². The SMILES string of the molecule is Nc1ccc(NC(=O)c2nccc3ccccc23)cc1. The molecular weight excluding hydrogens is 250 g/mol. The van der Waals surface area contributed by atoms with E-state index in [4.69, 9.17) is 5.73 Å². The first-order valence-electron chi connectivity index (χ1n) is 6.25. The Hall–Kier alpha value is -2.88. The molecule has 0 aliphatic carbocycles. The molecule has 20 heavy (non-hydrogen) atoms. The molecule has 3 aromatic rings. The summed E-state index contributed by atoms with van der Waals surface area (Å²) in [5.41, 5.74) is 7.39. The second kappa shape index (κ2) is 5.01. The molecule has 0 bridgehead atoms. The summed E-state index contributed by atoms with van der Waals surface area (Å²) in [5, 5.41) is 4.65. The van der Waals surface area contributed by atoms with Crippen molar-refractivity contribution in [3.05, 3.63) is 66.5 Å². The van der Waals surface area contributed by atoms with E-state index in [9.17, 15) is 4.79 Å². The fourth-order valence-corrected chi connectivity index (χ4v) is 2.06. The highest BCUT2D eigenvalue weighted by atomic mass is 16.1. The summed E-state index contributed by atoms with van der Waals surface area (Å²) in [5.74, 6) is -0.230. The summed E-state index contributed by atoms with van der Waals surface area (Å²) in [6, 6.07) is 16.6. The Labute approximate surface area is 116 Å². The molecule has 0 aliphatic rings. The van der Waals surface area contributed by atoms with Crippen molar-refractivity contribution in [2.45, 2.75) is 0 Å². The summed E-state index contributed by atoms with van der Waals surface area (Å²) >= 11 is 0. The molecule has 0 radical (unpaired) electrons. The molecule has 3 rings (SSSR count). The van der Waals surface area contributed by atoms with E-state index in [1.165, 1.54) is 0 Å². The van der Waals surface area contributed by atoms with Crippen LogP contribution in [0.4, 0.5) is 11.4 Å². The number of pyridine rings is 1. The topological polar surface area (TPSA) is 68.0 Å². The number of nitrogens with zero attached hydrogens (tertiary/aromatic N) is 1. The normalized spacial score (nSPS) is 10.4. The number of aromatic nitrogens is 1. The van der Waals surface area contributed by atoms with Crippen LogP contribution in [-0.2, 0) is 0 Å². The highest BCUT2D eigenvalue weighted by Gasteiger charge is 2.11. The number of amides is 1. The minimum absolute atomic E-state index is 0.230. The molecule has 0 aliphatic heterocycles. The molecular formula is C16H13N3O. The van der Waals surface area contributed by atoms with Gasteiger partial charge >= 0.3 is 0 Å². The van der Waals surface area contributed by atoms with E-state index in [-0.39, 0.29) is 5.91 Å². The molecule has 4 nitrogen and oxygen atoms in total. The van der Waals surface area contributed by atoms with Crippen LogP contribution in [0.1, 0.15) is 10.5 Å². The van der Waals surface area contributed by atoms with Crippen LogP contribution >= 0.6 is 0 Å². The van der Waals surface area contributed by atoms with Gasteiger partial charge in [0.05, 0.1) is 0 Å². The lowest BCUT2D eigenvalue weighted by Gasteiger charge is -2.07. The fraction of sp³-hybridized carbons (Fsp3) is 0. The van der Waals surface area contributed by atoms with Crippen LogP contribution in [-0.4, -0.2) is 10.9 Å². The van der Waals surface area contributed by atoms with Crippen molar-refractivity contribution in [1.82, 2.24) is 4.98 Å². The Morgan fingerprint density at radius 3 is 2.55 bits per heavy atom. The van der Waals surface area contributed by atoms with Crippen molar-refractivity contribution >= 4 is 28.1 Å². The lowest BCUT2D eigenvalue weighted by molar-refractivity contribution is 0.102. The molecule has 0 saturated heterocycles. The van der Waals surface area contributed by atoms with E-state index in [1.54, 1.807) is 30.5 Å². The van der Waals surface area contributed by atoms with Gasteiger partial charge in [-0.05, 0) is 35.7 Å². The van der Waals surface area contributed by atoms with Crippen LogP contribution in [0.5, 0.6) is 0 Å². The average Bonchev–Trinajstić information content (AvgIpc) is 2.49. The molecule has 0 unspecified atom stereocenters. The van der Waals surface area contributed by atoms with E-state index in [1.807, 2.05) is 30.3 Å². The highest BCUT2D eigenvalue weighted by Crippen LogP contribution is 2.18. The average molecular weight is 263 g/mol. The molecule has 1 amide bonds. The number of nitrogens with one attached hydrogen (secondary N) is 1. The first-order chi connectivity index (χ1) is 9.74. The van der Waals surface area contributed by atoms with Gasteiger partial charge in [0.25, 0.3) is 5.91 Å². The molecule has 1 aromatic heterocycles. The van der Waals surface area contributed by atoms with Gasteiger partial charge in [-0.3, -0.25) is 9.78 Å². The third-order valence-corrected chi connectivity index (χ3v) is 3.06. The first kappa shape index (κ1) is 12.2. The zero-order valence-corrected chi connectivity index (χ0v) is 10.7. The number of nitrogens with two attached hydrogens (primary N) is 1. The Kier molecular flexibility index (Phi) is 3.05. The standard InChI is InChI=1S/C16H13N3O/c17-12-5-7-13(8-6-12)19-16(20)15-14-4-2-1-3-11(14)9-10-18-15/h1-10H,17H2,(H,19,20). The van der Waals surface area contributed by atoms with E-state index >= 15 is 0 Å². The van der Waals surface area contributed by atoms with Gasteiger partial charge in [-0.25, -0.2) is 0 Å². The number of benzene rings is 2. The lowest BCUT2D eigenvalue weighted by Crippen LogP contribution is -2.14. The van der Waals surface area contributed by atoms with Crippen LogP contribution < -0.4 is 11.1 Å². The zero-order valence-electron chi connectivity index (χ0n) is 10.7. The van der Waals surface area contributed by atoms with Crippen molar-refractivity contribution in [2.24, 2.45) is 0 Å². The van der Waals surface area contributed by atoms with Gasteiger partial charge in [0.15, 0.2) is 0 Å². The number of carbonyl (C=O) groups is 1. The summed E-state index contributed by atoms with van der Waals surface area (Å²) in [6.07, 6.45) is 1.64. The minimum atomic E-state index is -0.230. The number of fused-ring (bicyclic) bond motifs is 1. The monoisotopic (exact) mass is 263 g/mol. The zero-order chi connectivity index (χ0) is 13.9. The third-order valence-electron chi connectivity index (χ3n) is 3.06. The van der Waals surface area contributed by atoms with Gasteiger partial charge < -0.3 is 11.1 Å². The van der Waals surface area contributed by atoms with Crippen LogP contribution in [0, 0.1) is 0 Å². The number of rotatable bonds is 2. The quantitative estimate of drug-likeness (QED) is 0.698. The maximum atomic E-state index is 12.3. The van der Waals surface area contributed by atoms with Crippen LogP contribution in [0.15, 0.2) is 60.8 Å². The lowest BCUT2D eigenvalue weighted by atomic mass is 10.1. The van der Waals surface area contributed by atoms with Gasteiger partial charge in [0.2, 0.25) is 0 Å². The molecule has 98 valence electrons. The highest BCUT2D eigenvalue weighted by molar-refractivity contribution is 6.11. The number of anilines is 2. The van der Waals surface area contributed by atoms with Crippen molar-refractivity contribution in [1.29, 1.82) is 0 Å². The van der Waals surface area contributed by atoms with Crippen molar-refractivity contribution < 1.29 is 4.79 Å². The Morgan fingerprint density at radius 1 is 1.00 bits per heavy atom. The van der Waals surface area contributed by atoms with Gasteiger partial charge in [-0.15, -0.1) is 0 Å². The first-order valence-corrected chi connectivity index (χ1v) is 6.25. The summed E-state index contributed by atoms with van der Waals surface area (Å²) in [7, 11) is 0. The molecule has 0 saturated carbocycles. The van der Waals surface area contributed by atoms with E-state index < -0.39 is 0 Å². The van der Waals surface area contributed by atoms with Crippen molar-refractivity contribution in [2.75, 3.05) is 11.1 Å². The molecule has 2 aromatic carbocycles. The molecule has 4 heteroatoms. The maximum Gasteiger partial charge on any atom is 0.274 e. The predicted molar refractivity (Wildman–Crippen MR) is 80.6 cm³/mol. The van der Waals surface area contributed by atoms with Crippen molar-refractivity contribution in [3.8, 4) is 0 Å². The minimum Gasteiger partial charge on any atom is -0.399 e. The summed E-state index contributed by atoms with van der Waals surface area (Å²) in [4.78, 5) is 16.5. The van der Waals surface area contributed by atoms with Gasteiger partial charge in [0, 0.05) is 23.0 Å². The molecule has 0 atom stereocenters. The Morgan fingerprint density at radius 2 is 1.75 bits per heavy atom. The number of hydrogen-bond donors (Lipinski definition) is 2. The maximum absolute atomic E-state index is 12.3. The Bertz CT molecular complexity index is 761. The second-order valence-corrected chi connectivity index (χ2v) is 4.46. The smallest absolute Gasteiger partial charge is 0.274 e. The number of nitrogen functional groups attached to an aromatic ring is 1. The van der Waals surface area contributed by atoms with Gasteiger partial charge in [-0.2, -0.15) is 0 Å². The Balaban J connectivity index is 1.94. The van der Waals surface area contributed by atoms with Crippen LogP contribution in [0.2, 0.25) is 0 Å². The van der Waals surface area contributed by atoms with Gasteiger partial charge in [0.1, 0.15) is 5.69 Å².